The molecule has 106 valence electrons. The number of nitrogens with one attached hydrogen (secondary N) is 1. The van der Waals surface area contributed by atoms with Crippen molar-refractivity contribution in [2.45, 2.75) is 50.3 Å². The van der Waals surface area contributed by atoms with Crippen LogP contribution in [-0.4, -0.2) is 37.9 Å². The second-order valence-corrected chi connectivity index (χ2v) is 8.21. The van der Waals surface area contributed by atoms with Crippen LogP contribution in [0.25, 0.3) is 0 Å². The highest BCUT2D eigenvalue weighted by atomic mass is 32.2. The van der Waals surface area contributed by atoms with Crippen molar-refractivity contribution < 1.29 is 13.2 Å². The van der Waals surface area contributed by atoms with Crippen molar-refractivity contribution in [3.05, 3.63) is 0 Å². The Morgan fingerprint density at radius 1 is 1.33 bits per heavy atom. The SMILES string of the molecule is CC(C)(C(=O)NC1CCCCC1CN)S(C)(=O)=O. The minimum absolute atomic E-state index is 0.0114. The van der Waals surface area contributed by atoms with Gasteiger partial charge < -0.3 is 11.1 Å². The van der Waals surface area contributed by atoms with E-state index in [2.05, 4.69) is 5.32 Å². The molecule has 1 aliphatic rings. The third-order valence-electron chi connectivity index (χ3n) is 4.00. The van der Waals surface area contributed by atoms with E-state index >= 15 is 0 Å². The zero-order valence-electron chi connectivity index (χ0n) is 11.4. The van der Waals surface area contributed by atoms with E-state index in [4.69, 9.17) is 5.73 Å². The molecule has 0 spiro atoms. The van der Waals surface area contributed by atoms with Crippen LogP contribution in [0.3, 0.4) is 0 Å². The summed E-state index contributed by atoms with van der Waals surface area (Å²) in [6.07, 6.45) is 5.16. The second-order valence-electron chi connectivity index (χ2n) is 5.64. The highest BCUT2D eigenvalue weighted by Gasteiger charge is 2.40. The van der Waals surface area contributed by atoms with Gasteiger partial charge in [-0.2, -0.15) is 0 Å². The van der Waals surface area contributed by atoms with E-state index < -0.39 is 20.5 Å². The number of nitrogens with two attached hydrogens (primary N) is 1. The molecule has 2 unspecified atom stereocenters. The average Bonchev–Trinajstić information content (AvgIpc) is 2.28. The van der Waals surface area contributed by atoms with E-state index in [0.29, 0.717) is 6.54 Å². The van der Waals surface area contributed by atoms with Gasteiger partial charge >= 0.3 is 0 Å². The lowest BCUT2D eigenvalue weighted by Gasteiger charge is -2.33. The molecule has 1 amide bonds. The third-order valence-corrected chi connectivity index (χ3v) is 6.04. The number of hydrogen-bond donors (Lipinski definition) is 2. The minimum Gasteiger partial charge on any atom is -0.352 e. The average molecular weight is 276 g/mol. The lowest BCUT2D eigenvalue weighted by Crippen LogP contribution is -2.54. The van der Waals surface area contributed by atoms with Crippen molar-refractivity contribution in [1.29, 1.82) is 0 Å². The molecule has 1 rings (SSSR count). The predicted octanol–water partition coefficient (Wildman–Crippen LogP) is 0.443. The molecule has 0 radical (unpaired) electrons. The summed E-state index contributed by atoms with van der Waals surface area (Å²) in [5.41, 5.74) is 5.69. The van der Waals surface area contributed by atoms with Crippen molar-refractivity contribution in [3.63, 3.8) is 0 Å². The Kier molecular flexibility index (Phi) is 4.78. The molecular weight excluding hydrogens is 252 g/mol. The van der Waals surface area contributed by atoms with Crippen LogP contribution in [0.4, 0.5) is 0 Å². The van der Waals surface area contributed by atoms with Gasteiger partial charge in [0.1, 0.15) is 4.75 Å². The van der Waals surface area contributed by atoms with Gasteiger partial charge in [-0.3, -0.25) is 4.79 Å². The third kappa shape index (κ3) is 3.23. The highest BCUT2D eigenvalue weighted by Crippen LogP contribution is 2.25. The molecule has 0 aliphatic heterocycles. The molecule has 3 N–H and O–H groups in total. The Morgan fingerprint density at radius 3 is 2.39 bits per heavy atom. The fourth-order valence-electron chi connectivity index (χ4n) is 2.19. The summed E-state index contributed by atoms with van der Waals surface area (Å²) in [6.45, 7) is 3.42. The van der Waals surface area contributed by atoms with Crippen molar-refractivity contribution in [1.82, 2.24) is 5.32 Å². The predicted molar refractivity (Wildman–Crippen MR) is 71.9 cm³/mol. The first-order valence-corrected chi connectivity index (χ1v) is 8.30. The number of sulfone groups is 1. The van der Waals surface area contributed by atoms with E-state index in [9.17, 15) is 13.2 Å². The maximum atomic E-state index is 12.1. The van der Waals surface area contributed by atoms with Gasteiger partial charge in [0, 0.05) is 12.3 Å². The van der Waals surface area contributed by atoms with Gasteiger partial charge in [-0.25, -0.2) is 8.42 Å². The molecule has 0 bridgehead atoms. The number of amides is 1. The zero-order valence-corrected chi connectivity index (χ0v) is 12.2. The number of hydrogen-bond acceptors (Lipinski definition) is 4. The first kappa shape index (κ1) is 15.4. The van der Waals surface area contributed by atoms with Crippen LogP contribution < -0.4 is 11.1 Å². The zero-order chi connectivity index (χ0) is 14.0. The Bertz CT molecular complexity index is 404. The molecule has 1 saturated carbocycles. The topological polar surface area (TPSA) is 89.3 Å². The lowest BCUT2D eigenvalue weighted by atomic mass is 9.84. The van der Waals surface area contributed by atoms with Crippen LogP contribution in [0, 0.1) is 5.92 Å². The fourth-order valence-corrected chi connectivity index (χ4v) is 2.59. The van der Waals surface area contributed by atoms with Gasteiger partial charge in [-0.1, -0.05) is 12.8 Å². The summed E-state index contributed by atoms with van der Waals surface area (Å²) < 4.78 is 21.8. The van der Waals surface area contributed by atoms with Crippen molar-refractivity contribution in [3.8, 4) is 0 Å². The molecule has 2 atom stereocenters. The lowest BCUT2D eigenvalue weighted by molar-refractivity contribution is -0.124. The summed E-state index contributed by atoms with van der Waals surface area (Å²) in [7, 11) is -3.42. The first-order chi connectivity index (χ1) is 8.20. The maximum Gasteiger partial charge on any atom is 0.241 e. The maximum absolute atomic E-state index is 12.1. The molecule has 18 heavy (non-hydrogen) atoms. The Balaban J connectivity index is 2.75. The molecular formula is C12H24N2O3S. The molecule has 6 heteroatoms. The van der Waals surface area contributed by atoms with Crippen molar-refractivity contribution in [2.75, 3.05) is 12.8 Å². The first-order valence-electron chi connectivity index (χ1n) is 6.40. The van der Waals surface area contributed by atoms with Crippen molar-refractivity contribution in [2.24, 2.45) is 11.7 Å². The smallest absolute Gasteiger partial charge is 0.241 e. The van der Waals surface area contributed by atoms with Gasteiger partial charge in [0.25, 0.3) is 0 Å². The van der Waals surface area contributed by atoms with Gasteiger partial charge in [0.2, 0.25) is 5.91 Å². The van der Waals surface area contributed by atoms with Gasteiger partial charge in [-0.05, 0) is 39.2 Å². The fraction of sp³-hybridized carbons (Fsp3) is 0.917. The molecule has 1 aliphatic carbocycles. The monoisotopic (exact) mass is 276 g/mol. The molecule has 5 nitrogen and oxygen atoms in total. The van der Waals surface area contributed by atoms with Crippen LogP contribution >= 0.6 is 0 Å². The largest absolute Gasteiger partial charge is 0.352 e. The van der Waals surface area contributed by atoms with Gasteiger partial charge in [0.15, 0.2) is 9.84 Å². The molecule has 0 aromatic heterocycles. The quantitative estimate of drug-likeness (QED) is 0.780. The van der Waals surface area contributed by atoms with E-state index in [1.165, 1.54) is 13.8 Å². The molecule has 1 fully saturated rings. The van der Waals surface area contributed by atoms with E-state index in [0.717, 1.165) is 31.9 Å². The number of carbonyl (C=O) groups excluding carboxylic acids is 1. The summed E-state index contributed by atoms with van der Waals surface area (Å²) in [5.74, 6) is -0.159. The Hall–Kier alpha value is -0.620. The van der Waals surface area contributed by atoms with Crippen LogP contribution in [0.1, 0.15) is 39.5 Å². The highest BCUT2D eigenvalue weighted by molar-refractivity contribution is 7.92. The molecule has 0 aromatic carbocycles. The van der Waals surface area contributed by atoms with E-state index in [-0.39, 0.29) is 12.0 Å². The van der Waals surface area contributed by atoms with Crippen LogP contribution in [-0.2, 0) is 14.6 Å². The number of carbonyl (C=O) groups is 1. The summed E-state index contributed by atoms with van der Waals surface area (Å²) in [4.78, 5) is 12.1. The van der Waals surface area contributed by atoms with E-state index in [1.807, 2.05) is 0 Å². The van der Waals surface area contributed by atoms with E-state index in [1.54, 1.807) is 0 Å². The normalized spacial score (nSPS) is 25.8. The molecule has 0 heterocycles. The Morgan fingerprint density at radius 2 is 1.89 bits per heavy atom. The van der Waals surface area contributed by atoms with Crippen LogP contribution in [0.15, 0.2) is 0 Å². The molecule has 0 saturated heterocycles. The van der Waals surface area contributed by atoms with Crippen LogP contribution in [0.2, 0.25) is 0 Å². The van der Waals surface area contributed by atoms with Gasteiger partial charge in [-0.15, -0.1) is 0 Å². The Labute approximate surface area is 109 Å². The summed E-state index contributed by atoms with van der Waals surface area (Å²) >= 11 is 0. The molecule has 0 aromatic rings. The second kappa shape index (κ2) is 5.57. The van der Waals surface area contributed by atoms with Gasteiger partial charge in [0.05, 0.1) is 0 Å². The minimum atomic E-state index is -3.42. The van der Waals surface area contributed by atoms with Crippen LogP contribution in [0.5, 0.6) is 0 Å². The summed E-state index contributed by atoms with van der Waals surface area (Å²) in [6, 6.07) is 0.0114. The standard InChI is InChI=1S/C12H24N2O3S/c1-12(2,18(3,16)17)11(15)14-10-7-5-4-6-9(10)8-13/h9-10H,4-8,13H2,1-3H3,(H,14,15). The number of rotatable bonds is 4. The van der Waals surface area contributed by atoms with Crippen molar-refractivity contribution >= 4 is 15.7 Å². The summed E-state index contributed by atoms with van der Waals surface area (Å²) in [5, 5.41) is 2.87.